The van der Waals surface area contributed by atoms with Crippen molar-refractivity contribution in [3.8, 4) is 0 Å². The van der Waals surface area contributed by atoms with E-state index in [9.17, 15) is 0 Å². The molecular formula is C16H28N2. The quantitative estimate of drug-likeness (QED) is 0.617. The second-order valence-corrected chi connectivity index (χ2v) is 5.60. The Kier molecular flexibility index (Phi) is 6.31. The van der Waals surface area contributed by atoms with Crippen molar-refractivity contribution >= 4 is 0 Å². The van der Waals surface area contributed by atoms with E-state index < -0.39 is 0 Å². The SMILES string of the molecule is CCCCCCCC(C)(CC)c1cnc(C)nc1. The van der Waals surface area contributed by atoms with Crippen molar-refractivity contribution < 1.29 is 0 Å². The largest absolute Gasteiger partial charge is 0.241 e. The standard InChI is InChI=1S/C16H28N2/c1-5-7-8-9-10-11-16(4,6-2)15-12-17-14(3)18-13-15/h12-13H,5-11H2,1-4H3. The van der Waals surface area contributed by atoms with Gasteiger partial charge in [-0.25, -0.2) is 9.97 Å². The van der Waals surface area contributed by atoms with E-state index in [1.807, 2.05) is 19.3 Å². The Hall–Kier alpha value is -0.920. The van der Waals surface area contributed by atoms with Gasteiger partial charge in [0, 0.05) is 12.4 Å². The van der Waals surface area contributed by atoms with Gasteiger partial charge in [-0.15, -0.1) is 0 Å². The average Bonchev–Trinajstić information content (AvgIpc) is 2.39. The molecule has 2 nitrogen and oxygen atoms in total. The minimum atomic E-state index is 0.250. The molecule has 1 unspecified atom stereocenters. The van der Waals surface area contributed by atoms with Crippen LogP contribution in [0, 0.1) is 6.92 Å². The van der Waals surface area contributed by atoms with Crippen molar-refractivity contribution in [2.24, 2.45) is 0 Å². The van der Waals surface area contributed by atoms with E-state index >= 15 is 0 Å². The maximum absolute atomic E-state index is 4.34. The summed E-state index contributed by atoms with van der Waals surface area (Å²) in [6, 6.07) is 0. The van der Waals surface area contributed by atoms with E-state index in [1.165, 1.54) is 44.1 Å². The molecule has 102 valence electrons. The zero-order chi connectivity index (χ0) is 13.4. The molecule has 2 heteroatoms. The van der Waals surface area contributed by atoms with Crippen LogP contribution in [0.25, 0.3) is 0 Å². The molecule has 0 amide bonds. The van der Waals surface area contributed by atoms with E-state index in [1.54, 1.807) is 0 Å². The van der Waals surface area contributed by atoms with Gasteiger partial charge in [-0.2, -0.15) is 0 Å². The molecule has 0 bridgehead atoms. The van der Waals surface area contributed by atoms with Crippen molar-refractivity contribution in [1.29, 1.82) is 0 Å². The second-order valence-electron chi connectivity index (χ2n) is 5.60. The lowest BCUT2D eigenvalue weighted by atomic mass is 9.77. The number of hydrogen-bond acceptors (Lipinski definition) is 2. The lowest BCUT2D eigenvalue weighted by Gasteiger charge is -2.28. The summed E-state index contributed by atoms with van der Waals surface area (Å²) in [5.41, 5.74) is 1.55. The molecule has 0 saturated heterocycles. The minimum Gasteiger partial charge on any atom is -0.241 e. The second kappa shape index (κ2) is 7.50. The molecule has 0 aliphatic heterocycles. The van der Waals surface area contributed by atoms with Crippen molar-refractivity contribution in [2.75, 3.05) is 0 Å². The Bertz CT molecular complexity index is 331. The van der Waals surface area contributed by atoms with E-state index in [2.05, 4.69) is 30.7 Å². The molecule has 0 radical (unpaired) electrons. The number of unbranched alkanes of at least 4 members (excludes halogenated alkanes) is 4. The first-order valence-corrected chi connectivity index (χ1v) is 7.41. The first kappa shape index (κ1) is 15.1. The van der Waals surface area contributed by atoms with Crippen LogP contribution in [0.4, 0.5) is 0 Å². The molecule has 18 heavy (non-hydrogen) atoms. The van der Waals surface area contributed by atoms with Crippen LogP contribution in [0.1, 0.15) is 77.1 Å². The molecular weight excluding hydrogens is 220 g/mol. The Labute approximate surface area is 112 Å². The summed E-state index contributed by atoms with van der Waals surface area (Å²) in [6.07, 6.45) is 13.2. The zero-order valence-electron chi connectivity index (χ0n) is 12.5. The third-order valence-corrected chi connectivity index (χ3v) is 4.09. The molecule has 1 aromatic heterocycles. The molecule has 0 saturated carbocycles. The van der Waals surface area contributed by atoms with Gasteiger partial charge >= 0.3 is 0 Å². The lowest BCUT2D eigenvalue weighted by molar-refractivity contribution is 0.392. The Balaban J connectivity index is 2.53. The van der Waals surface area contributed by atoms with Crippen LogP contribution in [0.5, 0.6) is 0 Å². The molecule has 0 aromatic carbocycles. The topological polar surface area (TPSA) is 25.8 Å². The zero-order valence-corrected chi connectivity index (χ0v) is 12.5. The van der Waals surface area contributed by atoms with Crippen LogP contribution in [0.3, 0.4) is 0 Å². The van der Waals surface area contributed by atoms with Crippen molar-refractivity contribution in [2.45, 2.75) is 78.1 Å². The van der Waals surface area contributed by atoms with Crippen molar-refractivity contribution in [3.63, 3.8) is 0 Å². The van der Waals surface area contributed by atoms with E-state index in [0.717, 1.165) is 12.2 Å². The number of aryl methyl sites for hydroxylation is 1. The number of nitrogens with zero attached hydrogens (tertiary/aromatic N) is 2. The maximum atomic E-state index is 4.34. The highest BCUT2D eigenvalue weighted by Crippen LogP contribution is 2.32. The lowest BCUT2D eigenvalue weighted by Crippen LogP contribution is -2.21. The predicted molar refractivity (Wildman–Crippen MR) is 77.8 cm³/mol. The summed E-state index contributed by atoms with van der Waals surface area (Å²) in [5.74, 6) is 0.861. The van der Waals surface area contributed by atoms with E-state index in [-0.39, 0.29) is 5.41 Å². The summed E-state index contributed by atoms with van der Waals surface area (Å²) in [7, 11) is 0. The highest BCUT2D eigenvalue weighted by atomic mass is 14.8. The monoisotopic (exact) mass is 248 g/mol. The van der Waals surface area contributed by atoms with Gasteiger partial charge in [0.05, 0.1) is 0 Å². The van der Waals surface area contributed by atoms with Gasteiger partial charge in [0.2, 0.25) is 0 Å². The molecule has 1 aromatic rings. The van der Waals surface area contributed by atoms with Crippen LogP contribution < -0.4 is 0 Å². The average molecular weight is 248 g/mol. The molecule has 0 aliphatic carbocycles. The number of aromatic nitrogens is 2. The Morgan fingerprint density at radius 2 is 1.61 bits per heavy atom. The Morgan fingerprint density at radius 3 is 2.17 bits per heavy atom. The minimum absolute atomic E-state index is 0.250. The summed E-state index contributed by atoms with van der Waals surface area (Å²) in [4.78, 5) is 8.68. The smallest absolute Gasteiger partial charge is 0.125 e. The molecule has 1 rings (SSSR count). The Morgan fingerprint density at radius 1 is 1.00 bits per heavy atom. The summed E-state index contributed by atoms with van der Waals surface area (Å²) in [5, 5.41) is 0. The molecule has 0 aliphatic rings. The molecule has 1 atom stereocenters. The molecule has 1 heterocycles. The summed E-state index contributed by atoms with van der Waals surface area (Å²) < 4.78 is 0. The van der Waals surface area contributed by atoms with Gasteiger partial charge in [-0.1, -0.05) is 52.9 Å². The molecule has 0 spiro atoms. The van der Waals surface area contributed by atoms with Crippen LogP contribution in [0.2, 0.25) is 0 Å². The van der Waals surface area contributed by atoms with E-state index in [4.69, 9.17) is 0 Å². The van der Waals surface area contributed by atoms with Gasteiger partial charge < -0.3 is 0 Å². The van der Waals surface area contributed by atoms with Gasteiger partial charge in [0.15, 0.2) is 0 Å². The fourth-order valence-electron chi connectivity index (χ4n) is 2.35. The molecule has 0 N–H and O–H groups in total. The number of rotatable bonds is 8. The third-order valence-electron chi connectivity index (χ3n) is 4.09. The van der Waals surface area contributed by atoms with Gasteiger partial charge in [0.25, 0.3) is 0 Å². The van der Waals surface area contributed by atoms with Gasteiger partial charge in [0.1, 0.15) is 5.82 Å². The third kappa shape index (κ3) is 4.40. The first-order chi connectivity index (χ1) is 8.62. The van der Waals surface area contributed by atoms with Crippen LogP contribution >= 0.6 is 0 Å². The summed E-state index contributed by atoms with van der Waals surface area (Å²) >= 11 is 0. The fourth-order valence-corrected chi connectivity index (χ4v) is 2.35. The summed E-state index contributed by atoms with van der Waals surface area (Å²) in [6.45, 7) is 8.82. The van der Waals surface area contributed by atoms with Gasteiger partial charge in [-0.05, 0) is 30.7 Å². The van der Waals surface area contributed by atoms with Crippen molar-refractivity contribution in [3.05, 3.63) is 23.8 Å². The fraction of sp³-hybridized carbons (Fsp3) is 0.750. The first-order valence-electron chi connectivity index (χ1n) is 7.41. The molecule has 0 fully saturated rings. The highest BCUT2D eigenvalue weighted by Gasteiger charge is 2.24. The normalized spacial score (nSPS) is 14.4. The van der Waals surface area contributed by atoms with Crippen LogP contribution in [-0.2, 0) is 5.41 Å². The number of hydrogen-bond donors (Lipinski definition) is 0. The van der Waals surface area contributed by atoms with Crippen LogP contribution in [0.15, 0.2) is 12.4 Å². The highest BCUT2D eigenvalue weighted by molar-refractivity contribution is 5.17. The van der Waals surface area contributed by atoms with Crippen LogP contribution in [-0.4, -0.2) is 9.97 Å². The van der Waals surface area contributed by atoms with Crippen molar-refractivity contribution in [1.82, 2.24) is 9.97 Å². The van der Waals surface area contributed by atoms with E-state index in [0.29, 0.717) is 0 Å². The van der Waals surface area contributed by atoms with Gasteiger partial charge in [-0.3, -0.25) is 0 Å². The maximum Gasteiger partial charge on any atom is 0.125 e. The predicted octanol–water partition coefficient (Wildman–Crippen LogP) is 4.81.